The number of halogens is 1. The van der Waals surface area contributed by atoms with Crippen molar-refractivity contribution in [1.82, 2.24) is 0 Å². The number of fused-ring (bicyclic) bond motifs is 2. The zero-order valence-electron chi connectivity index (χ0n) is 10.9. The van der Waals surface area contributed by atoms with Gasteiger partial charge < -0.3 is 4.74 Å². The van der Waals surface area contributed by atoms with Crippen LogP contribution >= 0.6 is 27.7 Å². The molecular formula is C16H13BrO2S. The molecule has 3 rings (SSSR count). The normalized spacial score (nSPS) is 16.8. The molecule has 102 valence electrons. The summed E-state index contributed by atoms with van der Waals surface area (Å²) in [4.78, 5) is 14.3. The van der Waals surface area contributed by atoms with E-state index in [1.165, 1.54) is 23.1 Å². The first kappa shape index (κ1) is 13.7. The Balaban J connectivity index is 2.08. The number of benzene rings is 2. The lowest BCUT2D eigenvalue weighted by Crippen LogP contribution is -2.02. The number of carbonyl (C=O) groups is 1. The lowest BCUT2D eigenvalue weighted by atomic mass is 10.0. The van der Waals surface area contributed by atoms with Gasteiger partial charge in [0.15, 0.2) is 0 Å². The third-order valence-corrected chi connectivity index (χ3v) is 5.37. The second kappa shape index (κ2) is 5.62. The number of methoxy groups -OCH3 is 1. The third kappa shape index (κ3) is 2.50. The third-order valence-electron chi connectivity index (χ3n) is 3.36. The largest absolute Gasteiger partial charge is 0.465 e. The Bertz CT molecular complexity index is 669. The predicted octanol–water partition coefficient (Wildman–Crippen LogP) is 4.62. The molecule has 0 fully saturated rings. The van der Waals surface area contributed by atoms with Gasteiger partial charge in [-0.05, 0) is 35.7 Å². The number of alkyl halides is 1. The average Bonchev–Trinajstić information content (AvgIpc) is 2.61. The summed E-state index contributed by atoms with van der Waals surface area (Å²) in [6.07, 6.45) is 0.952. The summed E-state index contributed by atoms with van der Waals surface area (Å²) in [6.45, 7) is 0. The highest BCUT2D eigenvalue weighted by molar-refractivity contribution is 9.09. The van der Waals surface area contributed by atoms with Gasteiger partial charge in [0.2, 0.25) is 0 Å². The van der Waals surface area contributed by atoms with Crippen molar-refractivity contribution in [1.29, 1.82) is 0 Å². The second-order valence-corrected chi connectivity index (χ2v) is 6.81. The summed E-state index contributed by atoms with van der Waals surface area (Å²) in [5.41, 5.74) is 3.15. The van der Waals surface area contributed by atoms with Gasteiger partial charge in [-0.3, -0.25) is 0 Å². The van der Waals surface area contributed by atoms with Gasteiger partial charge in [-0.25, -0.2) is 4.79 Å². The van der Waals surface area contributed by atoms with Crippen LogP contribution in [0.5, 0.6) is 0 Å². The molecule has 1 aliphatic rings. The molecule has 0 aromatic heterocycles. The van der Waals surface area contributed by atoms with E-state index in [1.54, 1.807) is 11.8 Å². The standard InChI is InChI=1S/C16H13BrO2S/c1-19-16(18)11-6-7-12-13(17)8-10-4-2-3-5-14(10)20-15(12)9-11/h2-7,9,13H,8H2,1H3. The average molecular weight is 349 g/mol. The van der Waals surface area contributed by atoms with Crippen molar-refractivity contribution < 1.29 is 9.53 Å². The van der Waals surface area contributed by atoms with Crippen LogP contribution in [0.2, 0.25) is 0 Å². The summed E-state index contributed by atoms with van der Waals surface area (Å²) in [5, 5.41) is 0. The molecule has 0 saturated carbocycles. The Labute approximate surface area is 130 Å². The van der Waals surface area contributed by atoms with Crippen molar-refractivity contribution in [3.63, 3.8) is 0 Å². The van der Waals surface area contributed by atoms with Gasteiger partial charge in [0.05, 0.1) is 12.7 Å². The van der Waals surface area contributed by atoms with E-state index in [0.717, 1.165) is 11.3 Å². The van der Waals surface area contributed by atoms with Gasteiger partial charge in [-0.15, -0.1) is 0 Å². The second-order valence-electron chi connectivity index (χ2n) is 4.63. The van der Waals surface area contributed by atoms with Crippen LogP contribution in [0.15, 0.2) is 52.3 Å². The number of hydrogen-bond acceptors (Lipinski definition) is 3. The molecule has 0 spiro atoms. The Morgan fingerprint density at radius 1 is 1.25 bits per heavy atom. The first-order valence-electron chi connectivity index (χ1n) is 6.31. The van der Waals surface area contributed by atoms with Crippen molar-refractivity contribution in [2.45, 2.75) is 21.0 Å². The lowest BCUT2D eigenvalue weighted by molar-refractivity contribution is 0.0600. The van der Waals surface area contributed by atoms with E-state index in [4.69, 9.17) is 4.74 Å². The van der Waals surface area contributed by atoms with Crippen LogP contribution in [-0.4, -0.2) is 13.1 Å². The summed E-state index contributed by atoms with van der Waals surface area (Å²) < 4.78 is 4.79. The summed E-state index contributed by atoms with van der Waals surface area (Å²) in [7, 11) is 1.41. The Morgan fingerprint density at radius 3 is 2.85 bits per heavy atom. The highest BCUT2D eigenvalue weighted by Gasteiger charge is 2.21. The molecule has 1 aliphatic heterocycles. The van der Waals surface area contributed by atoms with Crippen LogP contribution in [0.25, 0.3) is 0 Å². The highest BCUT2D eigenvalue weighted by Crippen LogP contribution is 2.44. The molecule has 1 heterocycles. The molecule has 2 aromatic rings. The minimum Gasteiger partial charge on any atom is -0.465 e. The summed E-state index contributed by atoms with van der Waals surface area (Å²) in [6, 6.07) is 14.2. The number of hydrogen-bond donors (Lipinski definition) is 0. The molecule has 2 aromatic carbocycles. The van der Waals surface area contributed by atoms with Crippen molar-refractivity contribution in [2.24, 2.45) is 0 Å². The van der Waals surface area contributed by atoms with E-state index in [1.807, 2.05) is 24.3 Å². The SMILES string of the molecule is COC(=O)c1ccc2c(c1)Sc1ccccc1CC2Br. The van der Waals surface area contributed by atoms with Gasteiger partial charge >= 0.3 is 5.97 Å². The monoisotopic (exact) mass is 348 g/mol. The fourth-order valence-corrected chi connectivity index (χ4v) is 4.40. The van der Waals surface area contributed by atoms with E-state index < -0.39 is 0 Å². The highest BCUT2D eigenvalue weighted by atomic mass is 79.9. The van der Waals surface area contributed by atoms with Crippen LogP contribution in [0, 0.1) is 0 Å². The van der Waals surface area contributed by atoms with Crippen LogP contribution < -0.4 is 0 Å². The zero-order chi connectivity index (χ0) is 14.1. The van der Waals surface area contributed by atoms with E-state index in [9.17, 15) is 4.79 Å². The van der Waals surface area contributed by atoms with Crippen molar-refractivity contribution in [2.75, 3.05) is 7.11 Å². The van der Waals surface area contributed by atoms with E-state index in [0.29, 0.717) is 5.56 Å². The maximum absolute atomic E-state index is 11.7. The zero-order valence-corrected chi connectivity index (χ0v) is 13.3. The van der Waals surface area contributed by atoms with Gasteiger partial charge in [0.1, 0.15) is 0 Å². The minimum atomic E-state index is -0.294. The first-order valence-corrected chi connectivity index (χ1v) is 8.04. The molecule has 1 atom stereocenters. The summed E-state index contributed by atoms with van der Waals surface area (Å²) in [5.74, 6) is -0.294. The number of rotatable bonds is 1. The molecule has 1 unspecified atom stereocenters. The summed E-state index contributed by atoms with van der Waals surface area (Å²) >= 11 is 5.47. The molecule has 20 heavy (non-hydrogen) atoms. The Hall–Kier alpha value is -1.26. The number of carbonyl (C=O) groups excluding carboxylic acids is 1. The molecule has 0 saturated heterocycles. The van der Waals surface area contributed by atoms with Gasteiger partial charge in [-0.1, -0.05) is 52.0 Å². The number of esters is 1. The minimum absolute atomic E-state index is 0.264. The molecule has 0 N–H and O–H groups in total. The van der Waals surface area contributed by atoms with E-state index in [-0.39, 0.29) is 10.8 Å². The predicted molar refractivity (Wildman–Crippen MR) is 83.7 cm³/mol. The van der Waals surface area contributed by atoms with Crippen LogP contribution in [0.4, 0.5) is 0 Å². The maximum atomic E-state index is 11.7. The fourth-order valence-electron chi connectivity index (χ4n) is 2.32. The van der Waals surface area contributed by atoms with Crippen LogP contribution in [-0.2, 0) is 11.2 Å². The quantitative estimate of drug-likeness (QED) is 0.555. The molecule has 2 nitrogen and oxygen atoms in total. The molecule has 4 heteroatoms. The van der Waals surface area contributed by atoms with Gasteiger partial charge in [0, 0.05) is 14.6 Å². The Kier molecular flexibility index (Phi) is 3.85. The maximum Gasteiger partial charge on any atom is 0.337 e. The first-order chi connectivity index (χ1) is 9.69. The number of ether oxygens (including phenoxy) is 1. The van der Waals surface area contributed by atoms with Crippen molar-refractivity contribution in [3.05, 3.63) is 59.2 Å². The molecule has 0 aliphatic carbocycles. The van der Waals surface area contributed by atoms with Gasteiger partial charge in [-0.2, -0.15) is 0 Å². The molecule has 0 radical (unpaired) electrons. The van der Waals surface area contributed by atoms with E-state index >= 15 is 0 Å². The lowest BCUT2D eigenvalue weighted by Gasteiger charge is -2.11. The molecular weight excluding hydrogens is 336 g/mol. The van der Waals surface area contributed by atoms with Gasteiger partial charge in [0.25, 0.3) is 0 Å². The fraction of sp³-hybridized carbons (Fsp3) is 0.188. The van der Waals surface area contributed by atoms with Crippen molar-refractivity contribution in [3.8, 4) is 0 Å². The van der Waals surface area contributed by atoms with Crippen LogP contribution in [0.1, 0.15) is 26.3 Å². The Morgan fingerprint density at radius 2 is 2.05 bits per heavy atom. The topological polar surface area (TPSA) is 26.3 Å². The van der Waals surface area contributed by atoms with Crippen molar-refractivity contribution >= 4 is 33.7 Å². The molecule has 0 amide bonds. The molecule has 0 bridgehead atoms. The smallest absolute Gasteiger partial charge is 0.337 e. The van der Waals surface area contributed by atoms with Crippen LogP contribution in [0.3, 0.4) is 0 Å². The van der Waals surface area contributed by atoms with E-state index in [2.05, 4.69) is 34.1 Å².